The summed E-state index contributed by atoms with van der Waals surface area (Å²) in [4.78, 5) is 39.8. The number of hydrogen-bond donors (Lipinski definition) is 0. The standard InChI is InChI=1S/C20H17FN2O4S/c21-14-5-3-13(4-6-14)16-8-7-15(27-16)11-17-19(25)23(20(26)28-17)12-18(24)22-9-1-2-10-22/h3-8,11H,1-2,9-10,12H2/b17-11-. The van der Waals surface area contributed by atoms with Gasteiger partial charge in [0.1, 0.15) is 23.9 Å². The van der Waals surface area contributed by atoms with Crippen LogP contribution in [-0.4, -0.2) is 46.5 Å². The summed E-state index contributed by atoms with van der Waals surface area (Å²) >= 11 is 0.786. The molecule has 0 aliphatic carbocycles. The van der Waals surface area contributed by atoms with Gasteiger partial charge in [-0.2, -0.15) is 0 Å². The average molecular weight is 400 g/mol. The van der Waals surface area contributed by atoms with Gasteiger partial charge in [-0.25, -0.2) is 4.39 Å². The molecule has 0 unspecified atom stereocenters. The first-order valence-electron chi connectivity index (χ1n) is 8.90. The van der Waals surface area contributed by atoms with Gasteiger partial charge < -0.3 is 9.32 Å². The van der Waals surface area contributed by atoms with Crippen LogP contribution in [0.15, 0.2) is 45.7 Å². The van der Waals surface area contributed by atoms with E-state index >= 15 is 0 Å². The van der Waals surface area contributed by atoms with Crippen LogP contribution in [0.3, 0.4) is 0 Å². The fourth-order valence-electron chi connectivity index (χ4n) is 3.17. The van der Waals surface area contributed by atoms with E-state index in [0.717, 1.165) is 29.5 Å². The van der Waals surface area contributed by atoms with Gasteiger partial charge in [-0.05, 0) is 61.0 Å². The van der Waals surface area contributed by atoms with Crippen molar-refractivity contribution in [3.63, 3.8) is 0 Å². The van der Waals surface area contributed by atoms with Gasteiger partial charge in [0, 0.05) is 24.7 Å². The molecule has 144 valence electrons. The van der Waals surface area contributed by atoms with Gasteiger partial charge in [-0.15, -0.1) is 0 Å². The summed E-state index contributed by atoms with van der Waals surface area (Å²) in [5.41, 5.74) is 0.699. The van der Waals surface area contributed by atoms with Crippen molar-refractivity contribution >= 4 is 34.9 Å². The largest absolute Gasteiger partial charge is 0.457 e. The zero-order valence-electron chi connectivity index (χ0n) is 14.9. The third kappa shape index (κ3) is 3.73. The van der Waals surface area contributed by atoms with Gasteiger partial charge >= 0.3 is 0 Å². The fraction of sp³-hybridized carbons (Fsp3) is 0.250. The van der Waals surface area contributed by atoms with E-state index in [1.165, 1.54) is 18.2 Å². The van der Waals surface area contributed by atoms with Gasteiger partial charge in [-0.3, -0.25) is 19.3 Å². The van der Waals surface area contributed by atoms with Gasteiger partial charge in [0.05, 0.1) is 4.91 Å². The Labute approximate surface area is 165 Å². The second kappa shape index (κ2) is 7.63. The maximum atomic E-state index is 13.0. The van der Waals surface area contributed by atoms with Crippen LogP contribution in [0.2, 0.25) is 0 Å². The van der Waals surface area contributed by atoms with Crippen LogP contribution in [0.4, 0.5) is 9.18 Å². The van der Waals surface area contributed by atoms with Crippen molar-refractivity contribution in [2.75, 3.05) is 19.6 Å². The summed E-state index contributed by atoms with van der Waals surface area (Å²) in [7, 11) is 0. The van der Waals surface area contributed by atoms with Gasteiger partial charge in [0.15, 0.2) is 0 Å². The van der Waals surface area contributed by atoms with Crippen molar-refractivity contribution < 1.29 is 23.2 Å². The number of furan rings is 1. The van der Waals surface area contributed by atoms with Crippen molar-refractivity contribution in [2.24, 2.45) is 0 Å². The molecule has 4 rings (SSSR count). The molecule has 8 heteroatoms. The molecule has 2 aliphatic heterocycles. The number of carbonyl (C=O) groups is 3. The Morgan fingerprint density at radius 1 is 1.11 bits per heavy atom. The number of carbonyl (C=O) groups excluding carboxylic acids is 3. The topological polar surface area (TPSA) is 70.8 Å². The van der Waals surface area contributed by atoms with Crippen molar-refractivity contribution in [3.05, 3.63) is 52.9 Å². The summed E-state index contributed by atoms with van der Waals surface area (Å²) in [6, 6.07) is 9.23. The van der Waals surface area contributed by atoms with Crippen LogP contribution < -0.4 is 0 Å². The highest BCUT2D eigenvalue weighted by Gasteiger charge is 2.37. The van der Waals surface area contributed by atoms with Crippen LogP contribution in [0.5, 0.6) is 0 Å². The number of imide groups is 1. The minimum absolute atomic E-state index is 0.208. The van der Waals surface area contributed by atoms with E-state index in [-0.39, 0.29) is 23.2 Å². The second-order valence-electron chi connectivity index (χ2n) is 6.56. The first-order valence-corrected chi connectivity index (χ1v) is 9.72. The molecule has 0 spiro atoms. The molecule has 1 aromatic carbocycles. The normalized spacial score (nSPS) is 18.5. The van der Waals surface area contributed by atoms with Crippen LogP contribution >= 0.6 is 11.8 Å². The lowest BCUT2D eigenvalue weighted by molar-refractivity contribution is -0.135. The minimum atomic E-state index is -0.498. The number of likely N-dealkylation sites (tertiary alicyclic amines) is 1. The van der Waals surface area contributed by atoms with E-state index in [4.69, 9.17) is 4.42 Å². The third-order valence-corrected chi connectivity index (χ3v) is 5.56. The molecule has 0 atom stereocenters. The van der Waals surface area contributed by atoms with Gasteiger partial charge in [-0.1, -0.05) is 0 Å². The van der Waals surface area contributed by atoms with Crippen LogP contribution in [0.25, 0.3) is 17.4 Å². The lowest BCUT2D eigenvalue weighted by atomic mass is 10.2. The van der Waals surface area contributed by atoms with E-state index in [1.54, 1.807) is 29.2 Å². The molecule has 0 N–H and O–H groups in total. The molecule has 0 radical (unpaired) electrons. The maximum absolute atomic E-state index is 13.0. The van der Waals surface area contributed by atoms with Crippen molar-refractivity contribution in [1.82, 2.24) is 9.80 Å². The smallest absolute Gasteiger partial charge is 0.294 e. The summed E-state index contributed by atoms with van der Waals surface area (Å²) in [5.74, 6) is -0.127. The molecule has 3 amide bonds. The lowest BCUT2D eigenvalue weighted by Gasteiger charge is -2.18. The van der Waals surface area contributed by atoms with Crippen molar-refractivity contribution in [2.45, 2.75) is 12.8 Å². The maximum Gasteiger partial charge on any atom is 0.294 e. The predicted octanol–water partition coefficient (Wildman–Crippen LogP) is 3.74. The van der Waals surface area contributed by atoms with Crippen molar-refractivity contribution in [3.8, 4) is 11.3 Å². The summed E-state index contributed by atoms with van der Waals surface area (Å²) < 4.78 is 18.7. The first kappa shape index (κ1) is 18.5. The highest BCUT2D eigenvalue weighted by atomic mass is 32.2. The molecule has 2 aromatic rings. The van der Waals surface area contributed by atoms with Crippen molar-refractivity contribution in [1.29, 1.82) is 0 Å². The number of thioether (sulfide) groups is 1. The first-order chi connectivity index (χ1) is 13.5. The number of benzene rings is 1. The number of hydrogen-bond acceptors (Lipinski definition) is 5. The monoisotopic (exact) mass is 400 g/mol. The Kier molecular flexibility index (Phi) is 5.04. The summed E-state index contributed by atoms with van der Waals surface area (Å²) in [5, 5.41) is -0.464. The Hall–Kier alpha value is -2.87. The Morgan fingerprint density at radius 2 is 1.82 bits per heavy atom. The Bertz CT molecular complexity index is 961. The molecule has 2 fully saturated rings. The predicted molar refractivity (Wildman–Crippen MR) is 103 cm³/mol. The number of halogens is 1. The number of rotatable bonds is 4. The molecule has 2 saturated heterocycles. The van der Waals surface area contributed by atoms with Crippen LogP contribution in [0.1, 0.15) is 18.6 Å². The minimum Gasteiger partial charge on any atom is -0.457 e. The fourth-order valence-corrected chi connectivity index (χ4v) is 3.99. The van der Waals surface area contributed by atoms with Crippen LogP contribution in [-0.2, 0) is 9.59 Å². The van der Waals surface area contributed by atoms with E-state index < -0.39 is 11.1 Å². The highest BCUT2D eigenvalue weighted by molar-refractivity contribution is 8.18. The number of amides is 3. The molecule has 3 heterocycles. The van der Waals surface area contributed by atoms with E-state index in [1.807, 2.05) is 0 Å². The SMILES string of the molecule is O=C(CN1C(=O)S/C(=C\c2ccc(-c3ccc(F)cc3)o2)C1=O)N1CCCC1. The Balaban J connectivity index is 1.48. The van der Waals surface area contributed by atoms with Crippen LogP contribution in [0, 0.1) is 5.82 Å². The van der Waals surface area contributed by atoms with Gasteiger partial charge in [0.25, 0.3) is 11.1 Å². The van der Waals surface area contributed by atoms with E-state index in [9.17, 15) is 18.8 Å². The third-order valence-electron chi connectivity index (χ3n) is 4.65. The molecular formula is C20H17FN2O4S. The molecule has 0 bridgehead atoms. The summed E-state index contributed by atoms with van der Waals surface area (Å²) in [6.07, 6.45) is 3.38. The van der Waals surface area contributed by atoms with E-state index in [2.05, 4.69) is 0 Å². The second-order valence-corrected chi connectivity index (χ2v) is 7.56. The lowest BCUT2D eigenvalue weighted by Crippen LogP contribution is -2.40. The van der Waals surface area contributed by atoms with E-state index in [0.29, 0.717) is 30.2 Å². The Morgan fingerprint density at radius 3 is 2.54 bits per heavy atom. The number of nitrogens with zero attached hydrogens (tertiary/aromatic N) is 2. The molecule has 2 aliphatic rings. The quantitative estimate of drug-likeness (QED) is 0.731. The van der Waals surface area contributed by atoms with Gasteiger partial charge in [0.2, 0.25) is 5.91 Å². The average Bonchev–Trinajstić information content (AvgIpc) is 3.41. The molecule has 1 aromatic heterocycles. The molecule has 0 saturated carbocycles. The zero-order chi connectivity index (χ0) is 19.7. The summed E-state index contributed by atoms with van der Waals surface area (Å²) in [6.45, 7) is 1.11. The molecule has 6 nitrogen and oxygen atoms in total. The molecular weight excluding hydrogens is 383 g/mol. The highest BCUT2D eigenvalue weighted by Crippen LogP contribution is 2.33. The molecule has 28 heavy (non-hydrogen) atoms. The zero-order valence-corrected chi connectivity index (χ0v) is 15.7.